The van der Waals surface area contributed by atoms with Crippen LogP contribution in [0.4, 0.5) is 0 Å². The van der Waals surface area contributed by atoms with Gasteiger partial charge in [0.05, 0.1) is 24.6 Å². The summed E-state index contributed by atoms with van der Waals surface area (Å²) >= 11 is 0. The van der Waals surface area contributed by atoms with E-state index in [4.69, 9.17) is 4.74 Å². The van der Waals surface area contributed by atoms with E-state index in [2.05, 4.69) is 5.10 Å². The molecule has 0 amide bonds. The van der Waals surface area contributed by atoms with Gasteiger partial charge in [0.1, 0.15) is 5.75 Å². The maximum Gasteiger partial charge on any atom is 0.122 e. The van der Waals surface area contributed by atoms with E-state index in [-0.39, 0.29) is 0 Å². The smallest absolute Gasteiger partial charge is 0.122 e. The van der Waals surface area contributed by atoms with Crippen molar-refractivity contribution < 1.29 is 9.84 Å². The van der Waals surface area contributed by atoms with E-state index >= 15 is 0 Å². The van der Waals surface area contributed by atoms with E-state index in [0.717, 1.165) is 29.2 Å². The van der Waals surface area contributed by atoms with Gasteiger partial charge < -0.3 is 9.84 Å². The van der Waals surface area contributed by atoms with Crippen molar-refractivity contribution in [2.45, 2.75) is 32.9 Å². The van der Waals surface area contributed by atoms with Gasteiger partial charge in [-0.3, -0.25) is 4.68 Å². The average Bonchev–Trinajstić information content (AvgIpc) is 2.80. The first-order valence-corrected chi connectivity index (χ1v) is 6.50. The van der Waals surface area contributed by atoms with E-state index in [1.165, 1.54) is 0 Å². The number of hydrogen-bond acceptors (Lipinski definition) is 3. The van der Waals surface area contributed by atoms with Gasteiger partial charge in [0, 0.05) is 13.0 Å². The van der Waals surface area contributed by atoms with E-state index in [1.807, 2.05) is 48.9 Å². The number of methoxy groups -OCH3 is 1. The number of aromatic nitrogens is 2. The first kappa shape index (κ1) is 13.6. The highest BCUT2D eigenvalue weighted by molar-refractivity contribution is 5.34. The van der Waals surface area contributed by atoms with Gasteiger partial charge in [-0.1, -0.05) is 18.2 Å². The fourth-order valence-electron chi connectivity index (χ4n) is 2.27. The lowest BCUT2D eigenvalue weighted by atomic mass is 10.0. The highest BCUT2D eigenvalue weighted by Crippen LogP contribution is 2.25. The summed E-state index contributed by atoms with van der Waals surface area (Å²) in [4.78, 5) is 0. The molecule has 1 heterocycles. The first-order chi connectivity index (χ1) is 9.15. The molecule has 102 valence electrons. The fourth-order valence-corrected chi connectivity index (χ4v) is 2.27. The van der Waals surface area contributed by atoms with Crippen LogP contribution < -0.4 is 4.74 Å². The Morgan fingerprint density at radius 3 is 2.79 bits per heavy atom. The van der Waals surface area contributed by atoms with Crippen LogP contribution in [0.25, 0.3) is 0 Å². The molecule has 1 aromatic heterocycles. The fraction of sp³-hybridized carbons (Fsp3) is 0.400. The van der Waals surface area contributed by atoms with Crippen LogP contribution in [0.3, 0.4) is 0 Å². The summed E-state index contributed by atoms with van der Waals surface area (Å²) < 4.78 is 7.15. The maximum atomic E-state index is 10.4. The van der Waals surface area contributed by atoms with Gasteiger partial charge in [0.25, 0.3) is 0 Å². The number of nitrogens with zero attached hydrogens (tertiary/aromatic N) is 2. The Bertz CT molecular complexity index is 549. The second-order valence-corrected chi connectivity index (χ2v) is 4.56. The third kappa shape index (κ3) is 2.96. The number of benzene rings is 1. The van der Waals surface area contributed by atoms with Crippen molar-refractivity contribution in [3.05, 3.63) is 47.3 Å². The number of para-hydroxylation sites is 1. The van der Waals surface area contributed by atoms with Crippen molar-refractivity contribution in [2.24, 2.45) is 0 Å². The average molecular weight is 260 g/mol. The zero-order valence-electron chi connectivity index (χ0n) is 11.6. The second kappa shape index (κ2) is 5.89. The lowest BCUT2D eigenvalue weighted by molar-refractivity contribution is 0.166. The molecule has 1 N–H and O–H groups in total. The highest BCUT2D eigenvalue weighted by Gasteiger charge is 2.16. The minimum atomic E-state index is -0.572. The second-order valence-electron chi connectivity index (χ2n) is 4.56. The third-order valence-electron chi connectivity index (χ3n) is 3.18. The molecular weight excluding hydrogens is 240 g/mol. The first-order valence-electron chi connectivity index (χ1n) is 6.50. The Hall–Kier alpha value is -1.81. The molecule has 19 heavy (non-hydrogen) atoms. The van der Waals surface area contributed by atoms with E-state index in [1.54, 1.807) is 7.11 Å². The molecular formula is C15H20N2O2. The summed E-state index contributed by atoms with van der Waals surface area (Å²) in [5, 5.41) is 14.8. The zero-order chi connectivity index (χ0) is 13.8. The summed E-state index contributed by atoms with van der Waals surface area (Å²) in [6.07, 6.45) is -0.0488. The monoisotopic (exact) mass is 260 g/mol. The predicted octanol–water partition coefficient (Wildman–Crippen LogP) is 2.50. The van der Waals surface area contributed by atoms with Crippen LogP contribution in [0.15, 0.2) is 30.3 Å². The van der Waals surface area contributed by atoms with Gasteiger partial charge in [0.15, 0.2) is 0 Å². The van der Waals surface area contributed by atoms with Gasteiger partial charge in [-0.2, -0.15) is 5.10 Å². The van der Waals surface area contributed by atoms with E-state index in [0.29, 0.717) is 6.42 Å². The molecule has 0 saturated heterocycles. The lowest BCUT2D eigenvalue weighted by Crippen LogP contribution is -2.10. The van der Waals surface area contributed by atoms with Crippen molar-refractivity contribution in [2.75, 3.05) is 7.11 Å². The Labute approximate surface area is 113 Å². The van der Waals surface area contributed by atoms with Crippen LogP contribution in [-0.2, 0) is 13.0 Å². The SMILES string of the molecule is CCn1nc(C)cc1C(O)Cc1ccccc1OC. The molecule has 2 rings (SSSR count). The molecule has 0 aliphatic heterocycles. The van der Waals surface area contributed by atoms with E-state index < -0.39 is 6.10 Å². The summed E-state index contributed by atoms with van der Waals surface area (Å²) in [6, 6.07) is 9.69. The van der Waals surface area contributed by atoms with Crippen LogP contribution in [0.2, 0.25) is 0 Å². The van der Waals surface area contributed by atoms with Gasteiger partial charge in [-0.25, -0.2) is 0 Å². The molecule has 0 radical (unpaired) electrons. The molecule has 1 aromatic carbocycles. The van der Waals surface area contributed by atoms with Gasteiger partial charge in [-0.05, 0) is 31.5 Å². The van der Waals surface area contributed by atoms with Gasteiger partial charge in [0.2, 0.25) is 0 Å². The quantitative estimate of drug-likeness (QED) is 0.898. The summed E-state index contributed by atoms with van der Waals surface area (Å²) in [5.41, 5.74) is 2.78. The highest BCUT2D eigenvalue weighted by atomic mass is 16.5. The van der Waals surface area contributed by atoms with Gasteiger partial charge in [-0.15, -0.1) is 0 Å². The lowest BCUT2D eigenvalue weighted by Gasteiger charge is -2.14. The van der Waals surface area contributed by atoms with E-state index in [9.17, 15) is 5.11 Å². The molecule has 0 bridgehead atoms. The van der Waals surface area contributed by atoms with Gasteiger partial charge >= 0.3 is 0 Å². The van der Waals surface area contributed by atoms with Crippen molar-refractivity contribution in [3.8, 4) is 5.75 Å². The van der Waals surface area contributed by atoms with Crippen LogP contribution >= 0.6 is 0 Å². The number of aliphatic hydroxyl groups excluding tert-OH is 1. The summed E-state index contributed by atoms with van der Waals surface area (Å²) in [5.74, 6) is 0.806. The Balaban J connectivity index is 2.22. The molecule has 4 nitrogen and oxygen atoms in total. The molecule has 0 aliphatic carbocycles. The molecule has 2 aromatic rings. The van der Waals surface area contributed by atoms with Crippen LogP contribution in [-0.4, -0.2) is 22.0 Å². The normalized spacial score (nSPS) is 12.4. The van der Waals surface area contributed by atoms with Crippen LogP contribution in [0.5, 0.6) is 5.75 Å². The van der Waals surface area contributed by atoms with Crippen molar-refractivity contribution in [1.82, 2.24) is 9.78 Å². The molecule has 4 heteroatoms. The number of ether oxygens (including phenoxy) is 1. The van der Waals surface area contributed by atoms with Crippen LogP contribution in [0, 0.1) is 6.92 Å². The molecule has 0 aliphatic rings. The third-order valence-corrected chi connectivity index (χ3v) is 3.18. The molecule has 1 atom stereocenters. The largest absolute Gasteiger partial charge is 0.496 e. The van der Waals surface area contributed by atoms with Crippen LogP contribution in [0.1, 0.15) is 30.0 Å². The maximum absolute atomic E-state index is 10.4. The predicted molar refractivity (Wildman–Crippen MR) is 74.3 cm³/mol. The van der Waals surface area contributed by atoms with Crippen molar-refractivity contribution in [1.29, 1.82) is 0 Å². The topological polar surface area (TPSA) is 47.3 Å². The van der Waals surface area contributed by atoms with Crippen molar-refractivity contribution >= 4 is 0 Å². The van der Waals surface area contributed by atoms with Crippen molar-refractivity contribution in [3.63, 3.8) is 0 Å². The Morgan fingerprint density at radius 1 is 1.37 bits per heavy atom. The summed E-state index contributed by atoms with van der Waals surface area (Å²) in [7, 11) is 1.64. The Morgan fingerprint density at radius 2 is 2.11 bits per heavy atom. The number of aliphatic hydroxyl groups is 1. The number of aryl methyl sites for hydroxylation is 2. The number of hydrogen-bond donors (Lipinski definition) is 1. The molecule has 0 spiro atoms. The molecule has 0 saturated carbocycles. The summed E-state index contributed by atoms with van der Waals surface area (Å²) in [6.45, 7) is 4.71. The zero-order valence-corrected chi connectivity index (χ0v) is 11.6. The molecule has 1 unspecified atom stereocenters. The number of rotatable bonds is 5. The standard InChI is InChI=1S/C15H20N2O2/c1-4-17-13(9-11(2)16-17)14(18)10-12-7-5-6-8-15(12)19-3/h5-9,14,18H,4,10H2,1-3H3. The minimum Gasteiger partial charge on any atom is -0.496 e. The Kier molecular flexibility index (Phi) is 4.22. The minimum absolute atomic E-state index is 0.523. The molecule has 0 fully saturated rings.